The molecule has 0 aliphatic rings. The molecule has 2 heteroatoms. The molecular weight excluding hydrogens is 267 g/mol. The quantitative estimate of drug-likeness (QED) is 0.772. The maximum atomic E-state index is 5.84. The minimum absolute atomic E-state index is 0.892. The fourth-order valence-electron chi connectivity index (χ4n) is 1.12. The van der Waals surface area contributed by atoms with Crippen molar-refractivity contribution in [2.45, 2.75) is 21.2 Å². The van der Waals surface area contributed by atoms with Gasteiger partial charge in [0.25, 0.3) is 0 Å². The van der Waals surface area contributed by atoms with E-state index in [9.17, 15) is 0 Å². The summed E-state index contributed by atoms with van der Waals surface area (Å²) in [4.78, 5) is 6.87. The van der Waals surface area contributed by atoms with Gasteiger partial charge in [0, 0.05) is 0 Å². The van der Waals surface area contributed by atoms with Gasteiger partial charge in [-0.2, -0.15) is 0 Å². The fourth-order valence-corrected chi connectivity index (χ4v) is 3.16. The summed E-state index contributed by atoms with van der Waals surface area (Å²) in [6, 6.07) is 10.5. The van der Waals surface area contributed by atoms with E-state index >= 15 is 0 Å². The molecule has 0 aromatic heterocycles. The van der Waals surface area contributed by atoms with Crippen LogP contribution in [0.1, 0.15) is 5.56 Å². The molecule has 0 atom stereocenters. The van der Waals surface area contributed by atoms with Crippen molar-refractivity contribution in [3.63, 3.8) is 0 Å². The third-order valence-electron chi connectivity index (χ3n) is 1.77. The van der Waals surface area contributed by atoms with Gasteiger partial charge < -0.3 is 0 Å². The Labute approximate surface area is 85.5 Å². The monoisotopic (exact) mass is 286 g/mol. The van der Waals surface area contributed by atoms with Gasteiger partial charge in [0.1, 0.15) is 0 Å². The Kier molecular flexibility index (Phi) is 4.26. The molecule has 0 amide bonds. The third kappa shape index (κ3) is 5.32. The van der Waals surface area contributed by atoms with E-state index in [0.717, 1.165) is 13.0 Å². The van der Waals surface area contributed by atoms with Crippen LogP contribution < -0.4 is 0 Å². The van der Waals surface area contributed by atoms with Crippen molar-refractivity contribution in [2.24, 2.45) is 0 Å². The second kappa shape index (κ2) is 5.01. The SMILES string of the molecule is [CH3][Sn]([CH3])([CH3])[O]CCc1ccccc1. The summed E-state index contributed by atoms with van der Waals surface area (Å²) in [5.41, 5.74) is 1.37. The molecule has 1 nitrogen and oxygen atoms in total. The minimum atomic E-state index is -1.97. The predicted molar refractivity (Wildman–Crippen MR) is 59.4 cm³/mol. The van der Waals surface area contributed by atoms with E-state index in [1.54, 1.807) is 0 Å². The van der Waals surface area contributed by atoms with Gasteiger partial charge in [0.05, 0.1) is 0 Å². The third-order valence-corrected chi connectivity index (χ3v) is 4.82. The summed E-state index contributed by atoms with van der Waals surface area (Å²) >= 11 is -1.97. The molecule has 0 fully saturated rings. The van der Waals surface area contributed by atoms with E-state index in [4.69, 9.17) is 3.07 Å². The first-order valence-corrected chi connectivity index (χ1v) is 14.5. The van der Waals surface area contributed by atoms with Crippen LogP contribution in [0.5, 0.6) is 0 Å². The van der Waals surface area contributed by atoms with Crippen LogP contribution in [0.15, 0.2) is 30.3 Å². The standard InChI is InChI=1S/C8H9O.3CH3.Sn/c9-7-6-8-4-2-1-3-5-8;;;;/h1-5H,6-7H2;3*1H3;/q-1;;;;+1. The van der Waals surface area contributed by atoms with Crippen LogP contribution in [-0.4, -0.2) is 25.4 Å². The van der Waals surface area contributed by atoms with Gasteiger partial charge in [0.2, 0.25) is 0 Å². The van der Waals surface area contributed by atoms with E-state index in [0.29, 0.717) is 0 Å². The van der Waals surface area contributed by atoms with Crippen LogP contribution in [0.25, 0.3) is 0 Å². The van der Waals surface area contributed by atoms with Crippen molar-refractivity contribution in [1.29, 1.82) is 0 Å². The summed E-state index contributed by atoms with van der Waals surface area (Å²) in [7, 11) is 0. The molecular formula is C11H18OSn. The molecule has 0 saturated heterocycles. The van der Waals surface area contributed by atoms with Crippen LogP contribution in [0.4, 0.5) is 0 Å². The van der Waals surface area contributed by atoms with Crippen LogP contribution in [0.2, 0.25) is 14.8 Å². The number of hydrogen-bond acceptors (Lipinski definition) is 1. The first kappa shape index (κ1) is 11.1. The predicted octanol–water partition coefficient (Wildman–Crippen LogP) is 3.08. The summed E-state index contributed by atoms with van der Waals surface area (Å²) in [6.07, 6.45) is 1.05. The van der Waals surface area contributed by atoms with Gasteiger partial charge in [-0.1, -0.05) is 0 Å². The molecule has 0 spiro atoms. The van der Waals surface area contributed by atoms with E-state index in [1.807, 2.05) is 6.07 Å². The van der Waals surface area contributed by atoms with E-state index < -0.39 is 18.8 Å². The molecule has 1 aromatic rings. The van der Waals surface area contributed by atoms with Crippen molar-refractivity contribution < 1.29 is 3.07 Å². The first-order valence-electron chi connectivity index (χ1n) is 4.76. The molecule has 1 rings (SSSR count). The Morgan fingerprint density at radius 3 is 2.23 bits per heavy atom. The molecule has 13 heavy (non-hydrogen) atoms. The average Bonchev–Trinajstić information content (AvgIpc) is 2.04. The Hall–Kier alpha value is -0.0213. The maximum absolute atomic E-state index is 5.84. The van der Waals surface area contributed by atoms with Crippen LogP contribution in [0.3, 0.4) is 0 Å². The molecule has 0 aliphatic carbocycles. The topological polar surface area (TPSA) is 9.23 Å². The van der Waals surface area contributed by atoms with Crippen molar-refractivity contribution in [2.75, 3.05) is 6.61 Å². The van der Waals surface area contributed by atoms with Crippen molar-refractivity contribution in [3.8, 4) is 0 Å². The second-order valence-corrected chi connectivity index (χ2v) is 17.1. The summed E-state index contributed by atoms with van der Waals surface area (Å²) in [6.45, 7) is 0.892. The molecule has 0 saturated carbocycles. The van der Waals surface area contributed by atoms with E-state index in [-0.39, 0.29) is 0 Å². The summed E-state index contributed by atoms with van der Waals surface area (Å²) in [5.74, 6) is 0. The van der Waals surface area contributed by atoms with Crippen LogP contribution >= 0.6 is 0 Å². The molecule has 0 aliphatic heterocycles. The van der Waals surface area contributed by atoms with Gasteiger partial charge >= 0.3 is 85.6 Å². The molecule has 0 N–H and O–H groups in total. The molecule has 72 valence electrons. The van der Waals surface area contributed by atoms with Gasteiger partial charge in [-0.15, -0.1) is 0 Å². The molecule has 1 aromatic carbocycles. The Balaban J connectivity index is 2.29. The summed E-state index contributed by atoms with van der Waals surface area (Å²) < 4.78 is 5.84. The zero-order valence-corrected chi connectivity index (χ0v) is 11.6. The first-order chi connectivity index (χ1) is 6.08. The zero-order chi connectivity index (χ0) is 9.73. The van der Waals surface area contributed by atoms with E-state index in [1.165, 1.54) is 5.56 Å². The van der Waals surface area contributed by atoms with Crippen LogP contribution in [0, 0.1) is 0 Å². The Morgan fingerprint density at radius 2 is 1.69 bits per heavy atom. The Bertz CT molecular complexity index is 238. The fraction of sp³-hybridized carbons (Fsp3) is 0.455. The van der Waals surface area contributed by atoms with Crippen molar-refractivity contribution >= 4 is 18.8 Å². The summed E-state index contributed by atoms with van der Waals surface area (Å²) in [5, 5.41) is 0. The second-order valence-electron chi connectivity index (χ2n) is 4.20. The molecule has 0 unspecified atom stereocenters. The van der Waals surface area contributed by atoms with Gasteiger partial charge in [-0.25, -0.2) is 0 Å². The van der Waals surface area contributed by atoms with Gasteiger partial charge in [0.15, 0.2) is 0 Å². The zero-order valence-electron chi connectivity index (χ0n) is 8.71. The number of rotatable bonds is 4. The van der Waals surface area contributed by atoms with Crippen molar-refractivity contribution in [1.82, 2.24) is 0 Å². The molecule has 0 bridgehead atoms. The number of benzene rings is 1. The number of hydrogen-bond donors (Lipinski definition) is 0. The van der Waals surface area contributed by atoms with Gasteiger partial charge in [-0.05, 0) is 0 Å². The average molecular weight is 285 g/mol. The molecule has 0 heterocycles. The normalized spacial score (nSPS) is 11.6. The Morgan fingerprint density at radius 1 is 1.08 bits per heavy atom. The van der Waals surface area contributed by atoms with Crippen LogP contribution in [-0.2, 0) is 9.49 Å². The van der Waals surface area contributed by atoms with Gasteiger partial charge in [-0.3, -0.25) is 0 Å². The van der Waals surface area contributed by atoms with Crippen molar-refractivity contribution in [3.05, 3.63) is 35.9 Å². The molecule has 0 radical (unpaired) electrons. The van der Waals surface area contributed by atoms with E-state index in [2.05, 4.69) is 39.1 Å².